The Balaban J connectivity index is 1.90. The van der Waals surface area contributed by atoms with Crippen LogP contribution in [-0.4, -0.2) is 48.5 Å². The molecule has 25 heavy (non-hydrogen) atoms. The van der Waals surface area contributed by atoms with E-state index in [1.54, 1.807) is 4.57 Å². The zero-order valence-corrected chi connectivity index (χ0v) is 14.7. The second-order valence-corrected chi connectivity index (χ2v) is 6.77. The van der Waals surface area contributed by atoms with E-state index in [1.165, 1.54) is 6.33 Å². The molecular weight excluding hydrogens is 390 g/mol. The topological polar surface area (TPSA) is 119 Å². The van der Waals surface area contributed by atoms with E-state index in [-0.39, 0.29) is 12.4 Å². The Bertz CT molecular complexity index is 914. The van der Waals surface area contributed by atoms with Gasteiger partial charge < -0.3 is 20.7 Å². The summed E-state index contributed by atoms with van der Waals surface area (Å²) in [6.45, 7) is -0.255. The summed E-state index contributed by atoms with van der Waals surface area (Å²) in [5.41, 5.74) is 7.81. The molecule has 8 nitrogen and oxygen atoms in total. The highest BCUT2D eigenvalue weighted by Crippen LogP contribution is 2.36. The molecule has 0 amide bonds. The van der Waals surface area contributed by atoms with Crippen LogP contribution in [0.1, 0.15) is 12.6 Å². The molecule has 1 saturated heterocycles. The molecule has 0 unspecified atom stereocenters. The molecule has 0 aliphatic carbocycles. The van der Waals surface area contributed by atoms with E-state index >= 15 is 0 Å². The largest absolute Gasteiger partial charge is 0.394 e. The van der Waals surface area contributed by atoms with Crippen LogP contribution >= 0.6 is 15.9 Å². The molecule has 3 aromatic rings. The van der Waals surface area contributed by atoms with E-state index < -0.39 is 18.4 Å². The molecule has 1 aliphatic rings. The third-order valence-electron chi connectivity index (χ3n) is 4.28. The van der Waals surface area contributed by atoms with Crippen LogP contribution in [0.25, 0.3) is 22.6 Å². The third-order valence-corrected chi connectivity index (χ3v) is 4.81. The zero-order valence-electron chi connectivity index (χ0n) is 13.1. The summed E-state index contributed by atoms with van der Waals surface area (Å²) in [5.74, 6) is 0.893. The van der Waals surface area contributed by atoms with Gasteiger partial charge in [0.25, 0.3) is 0 Å². The van der Waals surface area contributed by atoms with Crippen LogP contribution in [-0.2, 0) is 4.74 Å². The summed E-state index contributed by atoms with van der Waals surface area (Å²) in [5, 5.41) is 19.5. The van der Waals surface area contributed by atoms with Gasteiger partial charge in [0, 0.05) is 16.5 Å². The van der Waals surface area contributed by atoms with Gasteiger partial charge in [0.15, 0.2) is 17.0 Å². The molecule has 4 N–H and O–H groups in total. The Morgan fingerprint density at radius 2 is 2.04 bits per heavy atom. The maximum Gasteiger partial charge on any atom is 0.168 e. The highest BCUT2D eigenvalue weighted by atomic mass is 79.9. The normalized spacial score (nSPS) is 23.4. The third kappa shape index (κ3) is 2.78. The lowest BCUT2D eigenvalue weighted by molar-refractivity contribution is -0.0426. The fourth-order valence-electron chi connectivity index (χ4n) is 3.04. The average molecular weight is 406 g/mol. The Hall–Kier alpha value is -2.07. The van der Waals surface area contributed by atoms with Crippen LogP contribution in [0.4, 0.5) is 5.82 Å². The molecule has 1 aromatic carbocycles. The van der Waals surface area contributed by atoms with Gasteiger partial charge in [-0.15, -0.1) is 0 Å². The van der Waals surface area contributed by atoms with Crippen molar-refractivity contribution in [2.45, 2.75) is 24.9 Å². The second kappa shape index (κ2) is 6.34. The predicted molar refractivity (Wildman–Crippen MR) is 94.5 cm³/mol. The van der Waals surface area contributed by atoms with Crippen molar-refractivity contribution in [3.63, 3.8) is 0 Å². The number of ether oxygens (including phenoxy) is 1. The first-order valence-corrected chi connectivity index (χ1v) is 8.56. The number of rotatable bonds is 3. The van der Waals surface area contributed by atoms with Crippen LogP contribution in [0, 0.1) is 0 Å². The molecule has 4 rings (SSSR count). The molecule has 130 valence electrons. The van der Waals surface area contributed by atoms with E-state index in [2.05, 4.69) is 30.9 Å². The van der Waals surface area contributed by atoms with Gasteiger partial charge in [0.05, 0.1) is 12.7 Å². The van der Waals surface area contributed by atoms with Crippen molar-refractivity contribution in [1.29, 1.82) is 0 Å². The number of nitrogens with zero attached hydrogens (tertiary/aromatic N) is 4. The lowest BCUT2D eigenvalue weighted by Gasteiger charge is -2.16. The van der Waals surface area contributed by atoms with Gasteiger partial charge in [-0.3, -0.25) is 4.57 Å². The number of aromatic nitrogens is 4. The van der Waals surface area contributed by atoms with E-state index in [4.69, 9.17) is 10.5 Å². The van der Waals surface area contributed by atoms with Gasteiger partial charge in [-0.25, -0.2) is 15.0 Å². The first-order valence-electron chi connectivity index (χ1n) is 7.77. The molecule has 3 heterocycles. The summed E-state index contributed by atoms with van der Waals surface area (Å²) in [6.07, 6.45) is -0.214. The molecule has 9 heteroatoms. The van der Waals surface area contributed by atoms with Crippen molar-refractivity contribution < 1.29 is 14.9 Å². The van der Waals surface area contributed by atoms with Crippen molar-refractivity contribution in [3.8, 4) is 11.4 Å². The highest BCUT2D eigenvalue weighted by Gasteiger charge is 2.37. The number of imidazole rings is 1. The second-order valence-electron chi connectivity index (χ2n) is 5.86. The van der Waals surface area contributed by atoms with Gasteiger partial charge in [-0.05, 0) is 12.1 Å². The summed E-state index contributed by atoms with van der Waals surface area (Å²) in [4.78, 5) is 12.9. The number of nitrogens with two attached hydrogens (primary N) is 1. The maximum absolute atomic E-state index is 10.1. The van der Waals surface area contributed by atoms with Crippen molar-refractivity contribution in [2.75, 3.05) is 12.3 Å². The van der Waals surface area contributed by atoms with Gasteiger partial charge in [-0.1, -0.05) is 28.1 Å². The summed E-state index contributed by atoms with van der Waals surface area (Å²) < 4.78 is 8.56. The highest BCUT2D eigenvalue weighted by molar-refractivity contribution is 9.10. The van der Waals surface area contributed by atoms with Crippen molar-refractivity contribution in [2.24, 2.45) is 0 Å². The van der Waals surface area contributed by atoms with Gasteiger partial charge in [0.1, 0.15) is 24.5 Å². The van der Waals surface area contributed by atoms with Crippen LogP contribution in [0.3, 0.4) is 0 Å². The van der Waals surface area contributed by atoms with Gasteiger partial charge in [0.2, 0.25) is 0 Å². The Labute approximate surface area is 151 Å². The maximum atomic E-state index is 10.1. The Kier molecular flexibility index (Phi) is 4.16. The minimum Gasteiger partial charge on any atom is -0.394 e. The first-order chi connectivity index (χ1) is 12.1. The Morgan fingerprint density at radius 1 is 1.28 bits per heavy atom. The minimum absolute atomic E-state index is 0.255. The van der Waals surface area contributed by atoms with Crippen LogP contribution in [0.2, 0.25) is 0 Å². The number of anilines is 1. The molecule has 0 radical (unpaired) electrons. The molecule has 3 atom stereocenters. The fraction of sp³-hybridized carbons (Fsp3) is 0.312. The minimum atomic E-state index is -0.760. The quantitative estimate of drug-likeness (QED) is 0.603. The van der Waals surface area contributed by atoms with E-state index in [9.17, 15) is 10.2 Å². The number of aliphatic hydroxyl groups is 2. The summed E-state index contributed by atoms with van der Waals surface area (Å²) in [7, 11) is 0. The van der Waals surface area contributed by atoms with Crippen molar-refractivity contribution >= 4 is 32.9 Å². The van der Waals surface area contributed by atoms with Crippen LogP contribution in [0.5, 0.6) is 0 Å². The van der Waals surface area contributed by atoms with Gasteiger partial charge in [-0.2, -0.15) is 0 Å². The zero-order chi connectivity index (χ0) is 17.6. The standard InChI is InChI=1S/C16H16BrN5O3/c17-9-3-1-8(2-4-9)15-21-13-14(18)19-7-20-16(13)22(15)12-5-10(24)11(6-23)25-12/h1-4,7,10-12,23-24H,5-6H2,(H2,18,19,20)/t10-,11+,12+/m0/s1. The van der Waals surface area contributed by atoms with Crippen LogP contribution in [0.15, 0.2) is 35.1 Å². The SMILES string of the molecule is Nc1ncnc2c1nc(-c1ccc(Br)cc1)n2[C@H]1C[C@H](O)[C@@H](CO)O1. The number of fused-ring (bicyclic) bond motifs is 1. The number of benzene rings is 1. The molecule has 1 aliphatic heterocycles. The van der Waals surface area contributed by atoms with Crippen molar-refractivity contribution in [3.05, 3.63) is 35.1 Å². The van der Waals surface area contributed by atoms with Gasteiger partial charge >= 0.3 is 0 Å². The van der Waals surface area contributed by atoms with E-state index in [0.29, 0.717) is 23.4 Å². The molecule has 2 aromatic heterocycles. The van der Waals surface area contributed by atoms with E-state index in [1.807, 2.05) is 24.3 Å². The first kappa shape index (κ1) is 16.4. The molecular formula is C16H16BrN5O3. The number of hydrogen-bond donors (Lipinski definition) is 3. The number of halogens is 1. The lowest BCUT2D eigenvalue weighted by Crippen LogP contribution is -2.24. The molecule has 0 bridgehead atoms. The van der Waals surface area contributed by atoms with Crippen molar-refractivity contribution in [1.82, 2.24) is 19.5 Å². The average Bonchev–Trinajstić information content (AvgIpc) is 3.16. The number of hydrogen-bond acceptors (Lipinski definition) is 7. The smallest absolute Gasteiger partial charge is 0.168 e. The lowest BCUT2D eigenvalue weighted by atomic mass is 10.2. The Morgan fingerprint density at radius 3 is 2.72 bits per heavy atom. The summed E-state index contributed by atoms with van der Waals surface area (Å²) in [6, 6.07) is 7.66. The number of nitrogen functional groups attached to an aromatic ring is 1. The molecule has 0 spiro atoms. The van der Waals surface area contributed by atoms with Crippen LogP contribution < -0.4 is 5.73 Å². The molecule has 1 fully saturated rings. The predicted octanol–water partition coefficient (Wildman–Crippen LogP) is 1.48. The fourth-order valence-corrected chi connectivity index (χ4v) is 3.30. The monoisotopic (exact) mass is 405 g/mol. The summed E-state index contributed by atoms with van der Waals surface area (Å²) >= 11 is 3.42. The number of aliphatic hydroxyl groups excluding tert-OH is 2. The van der Waals surface area contributed by atoms with E-state index in [0.717, 1.165) is 10.0 Å². The molecule has 0 saturated carbocycles.